The molecule has 1 amide bonds. The minimum absolute atomic E-state index is 0.257. The van der Waals surface area contributed by atoms with Gasteiger partial charge < -0.3 is 5.32 Å². The Balaban J connectivity index is 1.39. The van der Waals surface area contributed by atoms with Crippen LogP contribution in [0.2, 0.25) is 5.02 Å². The number of hydrogen-bond donors (Lipinski definition) is 2. The summed E-state index contributed by atoms with van der Waals surface area (Å²) in [5.74, 6) is -0.257. The fourth-order valence-corrected chi connectivity index (χ4v) is 3.95. The largest absolute Gasteiger partial charge is 0.332 e. The molecule has 8 heteroatoms. The molecule has 144 valence electrons. The fourth-order valence-electron chi connectivity index (χ4n) is 2.50. The number of nitrogens with zero attached hydrogens (tertiary/aromatic N) is 2. The first-order valence-electron chi connectivity index (χ1n) is 8.63. The molecule has 0 spiro atoms. The summed E-state index contributed by atoms with van der Waals surface area (Å²) in [4.78, 5) is 17.8. The van der Waals surface area contributed by atoms with Crippen LogP contribution >= 0.6 is 34.3 Å². The van der Waals surface area contributed by atoms with Crippen LogP contribution < -0.4 is 10.7 Å². The summed E-state index contributed by atoms with van der Waals surface area (Å²) in [5.41, 5.74) is 5.77. The number of hydrazone groups is 1. The lowest BCUT2D eigenvalue weighted by Gasteiger charge is -2.03. The molecule has 0 aliphatic carbocycles. The van der Waals surface area contributed by atoms with Crippen molar-refractivity contribution in [2.24, 2.45) is 5.10 Å². The van der Waals surface area contributed by atoms with Crippen molar-refractivity contribution in [3.05, 3.63) is 86.9 Å². The Morgan fingerprint density at radius 3 is 2.55 bits per heavy atom. The second-order valence-corrected chi connectivity index (χ2v) is 8.24. The molecule has 0 aliphatic heterocycles. The van der Waals surface area contributed by atoms with Crippen molar-refractivity contribution in [2.45, 2.75) is 0 Å². The first-order valence-corrected chi connectivity index (χ1v) is 10.8. The summed E-state index contributed by atoms with van der Waals surface area (Å²) >= 11 is 8.98. The SMILES string of the molecule is O=C(N/N=C/c1cccs1)c1ccc(-c2csc(Nc3ccc(Cl)cc3)n2)cc1. The number of amides is 1. The molecule has 0 fully saturated rings. The number of halogens is 1. The highest BCUT2D eigenvalue weighted by atomic mass is 35.5. The Bertz CT molecular complexity index is 1120. The number of thiophene rings is 1. The van der Waals surface area contributed by atoms with E-state index in [2.05, 4.69) is 20.8 Å². The summed E-state index contributed by atoms with van der Waals surface area (Å²) < 4.78 is 0. The van der Waals surface area contributed by atoms with E-state index >= 15 is 0 Å². The summed E-state index contributed by atoms with van der Waals surface area (Å²) in [6.45, 7) is 0. The molecule has 4 rings (SSSR count). The molecule has 0 radical (unpaired) electrons. The number of hydrogen-bond acceptors (Lipinski definition) is 6. The molecule has 2 heterocycles. The molecule has 2 N–H and O–H groups in total. The standard InChI is InChI=1S/C21H15ClN4OS2/c22-16-7-9-17(10-8-16)24-21-25-19(13-29-21)14-3-5-15(6-4-14)20(27)26-23-12-18-2-1-11-28-18/h1-13H,(H,24,25)(H,26,27)/b23-12+. The van der Waals surface area contributed by atoms with Crippen LogP contribution in [-0.2, 0) is 0 Å². The van der Waals surface area contributed by atoms with Crippen LogP contribution in [0.15, 0.2) is 76.5 Å². The van der Waals surface area contributed by atoms with Crippen molar-refractivity contribution in [1.29, 1.82) is 0 Å². The minimum Gasteiger partial charge on any atom is -0.332 e. The van der Waals surface area contributed by atoms with Crippen molar-refractivity contribution in [3.63, 3.8) is 0 Å². The van der Waals surface area contributed by atoms with E-state index in [0.717, 1.165) is 27.0 Å². The van der Waals surface area contributed by atoms with Gasteiger partial charge in [0.15, 0.2) is 5.13 Å². The number of carbonyl (C=O) groups is 1. The zero-order valence-electron chi connectivity index (χ0n) is 15.0. The van der Waals surface area contributed by atoms with Crippen LogP contribution in [0.25, 0.3) is 11.3 Å². The molecular weight excluding hydrogens is 424 g/mol. The van der Waals surface area contributed by atoms with Crippen LogP contribution in [0.1, 0.15) is 15.2 Å². The van der Waals surface area contributed by atoms with Gasteiger partial charge in [-0.25, -0.2) is 10.4 Å². The number of anilines is 2. The van der Waals surface area contributed by atoms with Crippen molar-refractivity contribution in [3.8, 4) is 11.3 Å². The van der Waals surface area contributed by atoms with E-state index in [-0.39, 0.29) is 5.91 Å². The number of benzene rings is 2. The normalized spacial score (nSPS) is 10.9. The molecule has 4 aromatic rings. The first-order chi connectivity index (χ1) is 14.2. The number of aromatic nitrogens is 1. The molecule has 2 aromatic carbocycles. The molecule has 0 bridgehead atoms. The third-order valence-corrected chi connectivity index (χ3v) is 5.76. The van der Waals surface area contributed by atoms with Crippen molar-refractivity contribution < 1.29 is 4.79 Å². The lowest BCUT2D eigenvalue weighted by Crippen LogP contribution is -2.17. The molecule has 2 aromatic heterocycles. The highest BCUT2D eigenvalue weighted by molar-refractivity contribution is 7.14. The third kappa shape index (κ3) is 5.08. The van der Waals surface area contributed by atoms with E-state index in [0.29, 0.717) is 10.6 Å². The Morgan fingerprint density at radius 2 is 1.83 bits per heavy atom. The van der Waals surface area contributed by atoms with E-state index in [1.165, 1.54) is 11.3 Å². The van der Waals surface area contributed by atoms with Gasteiger partial charge in [-0.05, 0) is 47.8 Å². The lowest BCUT2D eigenvalue weighted by atomic mass is 10.1. The molecule has 0 unspecified atom stereocenters. The third-order valence-electron chi connectivity index (χ3n) is 3.94. The zero-order valence-corrected chi connectivity index (χ0v) is 17.4. The second-order valence-electron chi connectivity index (χ2n) is 5.96. The van der Waals surface area contributed by atoms with Gasteiger partial charge in [-0.1, -0.05) is 29.8 Å². The summed E-state index contributed by atoms with van der Waals surface area (Å²) in [7, 11) is 0. The second kappa shape index (κ2) is 9.00. The van der Waals surface area contributed by atoms with Gasteiger partial charge in [-0.15, -0.1) is 22.7 Å². The first kappa shape index (κ1) is 19.3. The van der Waals surface area contributed by atoms with Crippen LogP contribution in [-0.4, -0.2) is 17.1 Å². The summed E-state index contributed by atoms with van der Waals surface area (Å²) in [5, 5.41) is 12.6. The molecule has 0 saturated heterocycles. The van der Waals surface area contributed by atoms with Gasteiger partial charge in [0.2, 0.25) is 0 Å². The zero-order chi connectivity index (χ0) is 20.1. The number of rotatable bonds is 6. The van der Waals surface area contributed by atoms with Gasteiger partial charge in [0.25, 0.3) is 5.91 Å². The molecule has 0 saturated carbocycles. The van der Waals surface area contributed by atoms with Crippen LogP contribution in [0.3, 0.4) is 0 Å². The Hall–Kier alpha value is -3.00. The summed E-state index contributed by atoms with van der Waals surface area (Å²) in [6.07, 6.45) is 1.63. The number of thiazole rings is 1. The fraction of sp³-hybridized carbons (Fsp3) is 0. The van der Waals surface area contributed by atoms with E-state index < -0.39 is 0 Å². The van der Waals surface area contributed by atoms with E-state index in [4.69, 9.17) is 11.6 Å². The number of nitrogens with one attached hydrogen (secondary N) is 2. The highest BCUT2D eigenvalue weighted by Gasteiger charge is 2.08. The predicted molar refractivity (Wildman–Crippen MR) is 122 cm³/mol. The van der Waals surface area contributed by atoms with Gasteiger partial charge in [-0.2, -0.15) is 5.10 Å². The quantitative estimate of drug-likeness (QED) is 0.285. The van der Waals surface area contributed by atoms with Gasteiger partial charge in [0.05, 0.1) is 11.9 Å². The molecule has 5 nitrogen and oxygen atoms in total. The summed E-state index contributed by atoms with van der Waals surface area (Å²) in [6, 6.07) is 18.6. The Morgan fingerprint density at radius 1 is 1.03 bits per heavy atom. The van der Waals surface area contributed by atoms with E-state index in [1.807, 2.05) is 59.3 Å². The van der Waals surface area contributed by atoms with Crippen LogP contribution in [0.5, 0.6) is 0 Å². The maximum absolute atomic E-state index is 12.2. The minimum atomic E-state index is -0.257. The Kier molecular flexibility index (Phi) is 6.00. The van der Waals surface area contributed by atoms with Gasteiger partial charge >= 0.3 is 0 Å². The van der Waals surface area contributed by atoms with Crippen LogP contribution in [0.4, 0.5) is 10.8 Å². The molecule has 0 atom stereocenters. The van der Waals surface area contributed by atoms with Gasteiger partial charge in [0, 0.05) is 32.1 Å². The Labute approximate surface area is 180 Å². The van der Waals surface area contributed by atoms with E-state index in [1.54, 1.807) is 29.7 Å². The average Bonchev–Trinajstić information content (AvgIpc) is 3.42. The molecule has 0 aliphatic rings. The van der Waals surface area contributed by atoms with Crippen LogP contribution in [0, 0.1) is 0 Å². The van der Waals surface area contributed by atoms with E-state index in [9.17, 15) is 4.79 Å². The smallest absolute Gasteiger partial charge is 0.271 e. The number of carbonyl (C=O) groups excluding carboxylic acids is 1. The maximum Gasteiger partial charge on any atom is 0.271 e. The molecule has 29 heavy (non-hydrogen) atoms. The maximum atomic E-state index is 12.2. The van der Waals surface area contributed by atoms with Crippen molar-refractivity contribution in [1.82, 2.24) is 10.4 Å². The predicted octanol–water partition coefficient (Wildman–Crippen LogP) is 6.03. The average molecular weight is 439 g/mol. The van der Waals surface area contributed by atoms with Gasteiger partial charge in [-0.3, -0.25) is 4.79 Å². The van der Waals surface area contributed by atoms with Crippen molar-refractivity contribution in [2.75, 3.05) is 5.32 Å². The van der Waals surface area contributed by atoms with Gasteiger partial charge in [0.1, 0.15) is 0 Å². The van der Waals surface area contributed by atoms with Crippen molar-refractivity contribution >= 4 is 57.2 Å². The topological polar surface area (TPSA) is 66.4 Å². The highest BCUT2D eigenvalue weighted by Crippen LogP contribution is 2.27. The monoisotopic (exact) mass is 438 g/mol. The lowest BCUT2D eigenvalue weighted by molar-refractivity contribution is 0.0955. The molecular formula is C21H15ClN4OS2.